The molecule has 0 unspecified atom stereocenters. The smallest absolute Gasteiger partial charge is 0.338 e. The molecule has 0 heterocycles. The summed E-state index contributed by atoms with van der Waals surface area (Å²) in [5.74, 6) is 0. The molecule has 0 saturated heterocycles. The molecule has 0 aromatic heterocycles. The lowest BCUT2D eigenvalue weighted by atomic mass is 10.2. The monoisotopic (exact) mass is 417 g/mol. The number of nitrogens with one attached hydrogen (secondary N) is 1. The minimum Gasteiger partial charge on any atom is -0.398 e. The van der Waals surface area contributed by atoms with Crippen LogP contribution < -0.4 is 5.32 Å². The van der Waals surface area contributed by atoms with Crippen LogP contribution in [0, 0.1) is 0 Å². The zero-order valence-corrected chi connectivity index (χ0v) is 21.2. The van der Waals surface area contributed by atoms with Crippen molar-refractivity contribution in [3.63, 3.8) is 0 Å². The third-order valence-electron chi connectivity index (χ3n) is 6.10. The highest BCUT2D eigenvalue weighted by atomic mass is 28.4. The van der Waals surface area contributed by atoms with Crippen molar-refractivity contribution in [2.75, 3.05) is 60.0 Å². The summed E-state index contributed by atoms with van der Waals surface area (Å²) in [6.45, 7) is 19.4. The molecule has 0 radical (unpaired) electrons. The number of rotatable bonds is 20. The van der Waals surface area contributed by atoms with Crippen LogP contribution >= 0.6 is 0 Å². The maximum atomic E-state index is 5.83. The van der Waals surface area contributed by atoms with Crippen LogP contribution in [0.25, 0.3) is 0 Å². The van der Waals surface area contributed by atoms with Crippen molar-refractivity contribution in [2.45, 2.75) is 84.9 Å². The zero-order chi connectivity index (χ0) is 21.3. The van der Waals surface area contributed by atoms with Crippen molar-refractivity contribution in [1.82, 2.24) is 15.1 Å². The molecule has 0 amide bonds. The van der Waals surface area contributed by atoms with Crippen LogP contribution in [0.4, 0.5) is 0 Å². The Morgan fingerprint density at radius 2 is 1.39 bits per heavy atom. The topological polar surface area (TPSA) is 37.0 Å². The van der Waals surface area contributed by atoms with Crippen molar-refractivity contribution in [3.05, 3.63) is 0 Å². The van der Waals surface area contributed by atoms with Gasteiger partial charge in [0.05, 0.1) is 0 Å². The summed E-state index contributed by atoms with van der Waals surface area (Å²) in [6.07, 6.45) is 6.14. The van der Waals surface area contributed by atoms with Gasteiger partial charge in [-0.1, -0.05) is 34.6 Å². The van der Waals surface area contributed by atoms with Crippen LogP contribution in [0.3, 0.4) is 0 Å². The standard InChI is InChI=1S/C22H51N3O2Si/c1-8-16-24(11-4)18-14-19-25(17-13-15-23-22(9-2)10-3)20-21-28(12-5,26-6)27-7/h22-23H,8-21H2,1-7H3. The molecule has 0 fully saturated rings. The molecule has 0 bridgehead atoms. The molecule has 6 heteroatoms. The summed E-state index contributed by atoms with van der Waals surface area (Å²) < 4.78 is 11.7. The van der Waals surface area contributed by atoms with Crippen molar-refractivity contribution in [3.8, 4) is 0 Å². The maximum absolute atomic E-state index is 5.83. The predicted molar refractivity (Wildman–Crippen MR) is 126 cm³/mol. The minimum absolute atomic E-state index is 0.669. The van der Waals surface area contributed by atoms with Gasteiger partial charge in [0.1, 0.15) is 0 Å². The molecule has 0 atom stereocenters. The van der Waals surface area contributed by atoms with E-state index in [-0.39, 0.29) is 0 Å². The summed E-state index contributed by atoms with van der Waals surface area (Å²) in [6, 6.07) is 2.75. The van der Waals surface area contributed by atoms with Gasteiger partial charge < -0.3 is 24.0 Å². The maximum Gasteiger partial charge on any atom is 0.338 e. The fourth-order valence-electron chi connectivity index (χ4n) is 3.87. The minimum atomic E-state index is -2.01. The summed E-state index contributed by atoms with van der Waals surface area (Å²) in [4.78, 5) is 5.21. The van der Waals surface area contributed by atoms with Crippen LogP contribution in [0.5, 0.6) is 0 Å². The third-order valence-corrected chi connectivity index (χ3v) is 9.65. The third kappa shape index (κ3) is 11.9. The highest BCUT2D eigenvalue weighted by Gasteiger charge is 2.33. The van der Waals surface area contributed by atoms with E-state index in [2.05, 4.69) is 49.7 Å². The zero-order valence-electron chi connectivity index (χ0n) is 20.2. The van der Waals surface area contributed by atoms with Gasteiger partial charge in [-0.25, -0.2) is 0 Å². The van der Waals surface area contributed by atoms with E-state index in [1.807, 2.05) is 14.2 Å². The predicted octanol–water partition coefficient (Wildman–Crippen LogP) is 4.33. The second-order valence-electron chi connectivity index (χ2n) is 7.87. The molecule has 1 N–H and O–H groups in total. The van der Waals surface area contributed by atoms with Gasteiger partial charge in [-0.15, -0.1) is 0 Å². The number of hydrogen-bond donors (Lipinski definition) is 1. The normalized spacial score (nSPS) is 12.6. The van der Waals surface area contributed by atoms with E-state index in [1.165, 1.54) is 51.7 Å². The highest BCUT2D eigenvalue weighted by Crippen LogP contribution is 2.18. The molecular formula is C22H51N3O2Si. The molecular weight excluding hydrogens is 366 g/mol. The van der Waals surface area contributed by atoms with E-state index in [9.17, 15) is 0 Å². The largest absolute Gasteiger partial charge is 0.398 e. The number of hydrogen-bond acceptors (Lipinski definition) is 5. The molecule has 0 aliphatic heterocycles. The van der Waals surface area contributed by atoms with Crippen molar-refractivity contribution < 1.29 is 8.85 Å². The molecule has 0 spiro atoms. The molecule has 0 aliphatic rings. The van der Waals surface area contributed by atoms with Crippen LogP contribution in [-0.4, -0.2) is 84.4 Å². The first-order chi connectivity index (χ1) is 13.5. The van der Waals surface area contributed by atoms with Crippen LogP contribution in [0.2, 0.25) is 12.1 Å². The average Bonchev–Trinajstić information content (AvgIpc) is 2.73. The SMILES string of the molecule is CCCN(CC)CCCN(CCCNC(CC)CC)CC[Si](CC)(OC)OC. The first kappa shape index (κ1) is 28.0. The van der Waals surface area contributed by atoms with Crippen molar-refractivity contribution in [2.24, 2.45) is 0 Å². The van der Waals surface area contributed by atoms with Gasteiger partial charge >= 0.3 is 8.56 Å². The molecule has 28 heavy (non-hydrogen) atoms. The second-order valence-corrected chi connectivity index (χ2v) is 11.7. The van der Waals surface area contributed by atoms with E-state index < -0.39 is 8.56 Å². The van der Waals surface area contributed by atoms with E-state index in [1.54, 1.807) is 0 Å². The first-order valence-electron chi connectivity index (χ1n) is 11.8. The molecule has 5 nitrogen and oxygen atoms in total. The van der Waals surface area contributed by atoms with Crippen LogP contribution in [0.15, 0.2) is 0 Å². The second kappa shape index (κ2) is 17.8. The van der Waals surface area contributed by atoms with Gasteiger partial charge in [-0.05, 0) is 77.4 Å². The Bertz CT molecular complexity index is 331. The quantitative estimate of drug-likeness (QED) is 0.236. The van der Waals surface area contributed by atoms with Gasteiger partial charge in [-0.3, -0.25) is 0 Å². The summed E-state index contributed by atoms with van der Waals surface area (Å²) in [7, 11) is 1.65. The van der Waals surface area contributed by atoms with Gasteiger partial charge in [0.2, 0.25) is 0 Å². The molecule has 170 valence electrons. The fourth-order valence-corrected chi connectivity index (χ4v) is 6.03. The van der Waals surface area contributed by atoms with E-state index in [0.717, 1.165) is 38.3 Å². The van der Waals surface area contributed by atoms with Gasteiger partial charge in [0, 0.05) is 32.9 Å². The van der Waals surface area contributed by atoms with E-state index in [0.29, 0.717) is 6.04 Å². The molecule has 0 aromatic rings. The van der Waals surface area contributed by atoms with Crippen molar-refractivity contribution in [1.29, 1.82) is 0 Å². The fraction of sp³-hybridized carbons (Fsp3) is 1.00. The molecule has 0 rings (SSSR count). The Balaban J connectivity index is 4.55. The van der Waals surface area contributed by atoms with Crippen molar-refractivity contribution >= 4 is 8.56 Å². The number of nitrogens with zero attached hydrogens (tertiary/aromatic N) is 2. The van der Waals surface area contributed by atoms with Crippen LogP contribution in [0.1, 0.15) is 66.7 Å². The highest BCUT2D eigenvalue weighted by molar-refractivity contribution is 6.67. The first-order valence-corrected chi connectivity index (χ1v) is 14.1. The Hall–Kier alpha value is 0.0169. The summed E-state index contributed by atoms with van der Waals surface area (Å²) in [5, 5.41) is 3.70. The Kier molecular flexibility index (Phi) is 17.9. The molecule has 0 saturated carbocycles. The van der Waals surface area contributed by atoms with Crippen LogP contribution in [-0.2, 0) is 8.85 Å². The summed E-state index contributed by atoms with van der Waals surface area (Å²) >= 11 is 0. The lowest BCUT2D eigenvalue weighted by Gasteiger charge is -2.30. The molecule has 0 aliphatic carbocycles. The Morgan fingerprint density at radius 1 is 0.786 bits per heavy atom. The Labute approximate surface area is 177 Å². The molecule has 0 aromatic carbocycles. The van der Waals surface area contributed by atoms with E-state index >= 15 is 0 Å². The van der Waals surface area contributed by atoms with Gasteiger partial charge in [0.25, 0.3) is 0 Å². The average molecular weight is 418 g/mol. The Morgan fingerprint density at radius 3 is 1.89 bits per heavy atom. The lowest BCUT2D eigenvalue weighted by Crippen LogP contribution is -2.43. The van der Waals surface area contributed by atoms with E-state index in [4.69, 9.17) is 8.85 Å². The lowest BCUT2D eigenvalue weighted by molar-refractivity contribution is 0.212. The summed E-state index contributed by atoms with van der Waals surface area (Å²) in [5.41, 5.74) is 0. The van der Waals surface area contributed by atoms with Gasteiger partial charge in [0.15, 0.2) is 0 Å². The van der Waals surface area contributed by atoms with Gasteiger partial charge in [-0.2, -0.15) is 0 Å².